The summed E-state index contributed by atoms with van der Waals surface area (Å²) in [5.41, 5.74) is 0.108. The predicted molar refractivity (Wildman–Crippen MR) is 112 cm³/mol. The number of carbonyl (C=O) groups excluding carboxylic acids is 1. The molecular weight excluding hydrogens is 426 g/mol. The Labute approximate surface area is 183 Å². The number of amides is 1. The third-order valence-corrected chi connectivity index (χ3v) is 5.72. The number of pyridine rings is 1. The first-order chi connectivity index (χ1) is 14.9. The lowest BCUT2D eigenvalue weighted by Crippen LogP contribution is -2.51. The molecule has 4 rings (SSSR count). The summed E-state index contributed by atoms with van der Waals surface area (Å²) in [6.45, 7) is 3.04. The van der Waals surface area contributed by atoms with Gasteiger partial charge in [-0.1, -0.05) is 18.5 Å². The van der Waals surface area contributed by atoms with Crippen molar-refractivity contribution in [3.8, 4) is 5.69 Å². The molecule has 1 fully saturated rings. The molecule has 10 heteroatoms. The Hall–Kier alpha value is -3.07. The molecule has 1 amide bonds. The molecule has 1 N–H and O–H groups in total. The predicted octanol–water partition coefficient (Wildman–Crippen LogP) is 3.95. The van der Waals surface area contributed by atoms with Gasteiger partial charge in [0.2, 0.25) is 0 Å². The van der Waals surface area contributed by atoms with Crippen molar-refractivity contribution in [3.63, 3.8) is 0 Å². The molecule has 0 bridgehead atoms. The van der Waals surface area contributed by atoms with Gasteiger partial charge in [0.05, 0.1) is 29.0 Å². The van der Waals surface area contributed by atoms with Crippen molar-refractivity contribution in [1.82, 2.24) is 24.9 Å². The van der Waals surface area contributed by atoms with Crippen LogP contribution in [0.15, 0.2) is 42.9 Å². The van der Waals surface area contributed by atoms with Crippen molar-refractivity contribution in [3.05, 3.63) is 65.1 Å². The molecule has 0 radical (unpaired) electrons. The Morgan fingerprint density at radius 3 is 2.68 bits per heavy atom. The Kier molecular flexibility index (Phi) is 6.13. The van der Waals surface area contributed by atoms with Gasteiger partial charge in [0.25, 0.3) is 5.91 Å². The van der Waals surface area contributed by atoms with E-state index in [4.69, 9.17) is 11.6 Å². The zero-order valence-corrected chi connectivity index (χ0v) is 17.6. The molecular formula is C21H21ClF2N6O. The molecule has 1 aromatic carbocycles. The van der Waals surface area contributed by atoms with E-state index < -0.39 is 17.5 Å². The molecule has 2 atom stereocenters. The number of hydrogen-bond donors (Lipinski definition) is 1. The van der Waals surface area contributed by atoms with Gasteiger partial charge in [0, 0.05) is 25.4 Å². The van der Waals surface area contributed by atoms with Crippen LogP contribution in [0.25, 0.3) is 5.69 Å². The van der Waals surface area contributed by atoms with Gasteiger partial charge in [-0.05, 0) is 37.0 Å². The molecule has 0 saturated carbocycles. The van der Waals surface area contributed by atoms with Crippen molar-refractivity contribution in [2.75, 3.05) is 18.4 Å². The van der Waals surface area contributed by atoms with Crippen LogP contribution in [0.1, 0.15) is 30.1 Å². The number of nitrogens with zero attached hydrogens (tertiary/aromatic N) is 5. The number of nitrogens with one attached hydrogen (secondary N) is 1. The highest BCUT2D eigenvalue weighted by atomic mass is 35.5. The van der Waals surface area contributed by atoms with Gasteiger partial charge < -0.3 is 10.2 Å². The van der Waals surface area contributed by atoms with E-state index in [1.807, 2.05) is 0 Å². The second-order valence-corrected chi connectivity index (χ2v) is 7.97. The molecule has 7 nitrogen and oxygen atoms in total. The van der Waals surface area contributed by atoms with E-state index in [9.17, 15) is 13.6 Å². The molecule has 3 aromatic rings. The van der Waals surface area contributed by atoms with Gasteiger partial charge in [-0.3, -0.25) is 4.79 Å². The fourth-order valence-corrected chi connectivity index (χ4v) is 3.98. The second-order valence-electron chi connectivity index (χ2n) is 7.53. The summed E-state index contributed by atoms with van der Waals surface area (Å²) in [4.78, 5) is 20.5. The Bertz CT molecular complexity index is 1060. The quantitative estimate of drug-likeness (QED) is 0.642. The highest BCUT2D eigenvalue weighted by molar-refractivity contribution is 6.30. The van der Waals surface area contributed by atoms with Crippen LogP contribution in [0.4, 0.5) is 14.6 Å². The van der Waals surface area contributed by atoms with E-state index in [1.54, 1.807) is 23.2 Å². The van der Waals surface area contributed by atoms with Crippen LogP contribution >= 0.6 is 11.6 Å². The fraction of sp³-hybridized carbons (Fsp3) is 0.333. The van der Waals surface area contributed by atoms with Gasteiger partial charge in [-0.25, -0.2) is 13.8 Å². The highest BCUT2D eigenvalue weighted by Crippen LogP contribution is 2.28. The van der Waals surface area contributed by atoms with Crippen LogP contribution in [0.2, 0.25) is 5.02 Å². The topological polar surface area (TPSA) is 75.9 Å². The summed E-state index contributed by atoms with van der Waals surface area (Å²) in [6, 6.07) is 5.19. The van der Waals surface area contributed by atoms with Crippen LogP contribution in [0.3, 0.4) is 0 Å². The summed E-state index contributed by atoms with van der Waals surface area (Å²) < 4.78 is 28.0. The Morgan fingerprint density at radius 1 is 1.23 bits per heavy atom. The number of hydrogen-bond acceptors (Lipinski definition) is 5. The molecule has 162 valence electrons. The summed E-state index contributed by atoms with van der Waals surface area (Å²) in [7, 11) is 0. The normalized spacial score (nSPS) is 18.8. The van der Waals surface area contributed by atoms with Crippen molar-refractivity contribution < 1.29 is 13.6 Å². The maximum absolute atomic E-state index is 14.1. The van der Waals surface area contributed by atoms with Crippen molar-refractivity contribution in [1.29, 1.82) is 0 Å². The van der Waals surface area contributed by atoms with Gasteiger partial charge in [-0.15, -0.1) is 0 Å². The largest absolute Gasteiger partial charge is 0.368 e. The average molecular weight is 447 g/mol. The monoisotopic (exact) mass is 446 g/mol. The third kappa shape index (κ3) is 4.51. The molecule has 0 aliphatic carbocycles. The van der Waals surface area contributed by atoms with E-state index in [1.165, 1.54) is 12.4 Å². The van der Waals surface area contributed by atoms with Gasteiger partial charge in [0.15, 0.2) is 11.6 Å². The summed E-state index contributed by atoms with van der Waals surface area (Å²) >= 11 is 5.88. The lowest BCUT2D eigenvalue weighted by molar-refractivity contribution is 0.0539. The fourth-order valence-electron chi connectivity index (χ4n) is 3.87. The average Bonchev–Trinajstić information content (AvgIpc) is 3.30. The first-order valence-corrected chi connectivity index (χ1v) is 10.3. The number of benzene rings is 1. The first kappa shape index (κ1) is 21.2. The molecule has 31 heavy (non-hydrogen) atoms. The standard InChI is InChI=1S/C21H21ClF2N6O/c1-13-3-2-8-29(19(13)12-26-20-5-4-14(22)11-25-20)21(31)15-9-16(23)17(24)10-18(15)30-27-6-7-28-30/h4-7,9-11,13,19H,2-3,8,12H2,1H3,(H,25,26)/t13-,19?/m1/s1. The lowest BCUT2D eigenvalue weighted by Gasteiger charge is -2.40. The highest BCUT2D eigenvalue weighted by Gasteiger charge is 2.34. The van der Waals surface area contributed by atoms with Crippen molar-refractivity contribution >= 4 is 23.3 Å². The van der Waals surface area contributed by atoms with Gasteiger partial charge in [0.1, 0.15) is 11.5 Å². The number of anilines is 1. The summed E-state index contributed by atoms with van der Waals surface area (Å²) in [6.07, 6.45) is 6.13. The Morgan fingerprint density at radius 2 is 1.97 bits per heavy atom. The minimum Gasteiger partial charge on any atom is -0.368 e. The second kappa shape index (κ2) is 8.97. The minimum atomic E-state index is -1.09. The van der Waals surface area contributed by atoms with Crippen molar-refractivity contribution in [2.45, 2.75) is 25.8 Å². The van der Waals surface area contributed by atoms with Crippen molar-refractivity contribution in [2.24, 2.45) is 5.92 Å². The van der Waals surface area contributed by atoms with Crippen LogP contribution < -0.4 is 5.32 Å². The maximum atomic E-state index is 14.1. The molecule has 2 aromatic heterocycles. The summed E-state index contributed by atoms with van der Waals surface area (Å²) in [5.74, 6) is -1.71. The van der Waals surface area contributed by atoms with Crippen LogP contribution in [-0.2, 0) is 0 Å². The number of halogens is 3. The molecule has 1 unspecified atom stereocenters. The molecule has 1 aliphatic rings. The van der Waals surface area contributed by atoms with Crippen LogP contribution in [0, 0.1) is 17.6 Å². The van der Waals surface area contributed by atoms with E-state index in [0.717, 1.165) is 29.8 Å². The molecule has 3 heterocycles. The van der Waals surface area contributed by atoms with E-state index in [2.05, 4.69) is 27.4 Å². The molecule has 0 spiro atoms. The zero-order valence-electron chi connectivity index (χ0n) is 16.8. The van der Waals surface area contributed by atoms with Crippen LogP contribution in [-0.4, -0.2) is 49.9 Å². The minimum absolute atomic E-state index is 0.0128. The smallest absolute Gasteiger partial charge is 0.256 e. The van der Waals surface area contributed by atoms with E-state index in [-0.39, 0.29) is 23.2 Å². The SMILES string of the molecule is C[C@@H]1CCCN(C(=O)c2cc(F)c(F)cc2-n2nccn2)C1CNc1ccc(Cl)cn1. The third-order valence-electron chi connectivity index (χ3n) is 5.50. The Balaban J connectivity index is 1.62. The number of likely N-dealkylation sites (tertiary alicyclic amines) is 1. The molecule has 1 saturated heterocycles. The zero-order chi connectivity index (χ0) is 22.0. The summed E-state index contributed by atoms with van der Waals surface area (Å²) in [5, 5.41) is 11.7. The number of rotatable bonds is 5. The number of carbonyl (C=O) groups is 1. The van der Waals surface area contributed by atoms with Crippen LogP contribution in [0.5, 0.6) is 0 Å². The molecule has 1 aliphatic heterocycles. The lowest BCUT2D eigenvalue weighted by atomic mass is 9.90. The van der Waals surface area contributed by atoms with Gasteiger partial charge >= 0.3 is 0 Å². The van der Waals surface area contributed by atoms with E-state index >= 15 is 0 Å². The first-order valence-electron chi connectivity index (χ1n) is 9.96. The van der Waals surface area contributed by atoms with Gasteiger partial charge in [-0.2, -0.15) is 15.0 Å². The van der Waals surface area contributed by atoms with E-state index in [0.29, 0.717) is 23.9 Å². The maximum Gasteiger partial charge on any atom is 0.256 e. The number of piperidine rings is 1. The number of aromatic nitrogens is 4.